The van der Waals surface area contributed by atoms with Crippen molar-refractivity contribution in [2.45, 2.75) is 13.0 Å². The molecule has 0 saturated heterocycles. The standard InChI is InChI=1S/C17H15Cl2NO3/c18-14-7-6-13(8-15(14)19)9-16(21)20-10-17(22)23-11-12-4-2-1-3-5-12/h1-8H,9-11H2,(H,20,21). The number of benzene rings is 2. The summed E-state index contributed by atoms with van der Waals surface area (Å²) in [4.78, 5) is 23.4. The molecule has 0 radical (unpaired) electrons. The number of halogens is 2. The molecule has 0 heterocycles. The van der Waals surface area contributed by atoms with E-state index in [9.17, 15) is 9.59 Å². The maximum Gasteiger partial charge on any atom is 0.325 e. The van der Waals surface area contributed by atoms with Crippen molar-refractivity contribution in [1.82, 2.24) is 5.32 Å². The molecule has 0 atom stereocenters. The molecule has 0 aliphatic carbocycles. The number of amides is 1. The highest BCUT2D eigenvalue weighted by atomic mass is 35.5. The molecule has 4 nitrogen and oxygen atoms in total. The summed E-state index contributed by atoms with van der Waals surface area (Å²) in [6.45, 7) is 0.00925. The second-order valence-electron chi connectivity index (χ2n) is 4.85. The molecular formula is C17H15Cl2NO3. The van der Waals surface area contributed by atoms with Gasteiger partial charge in [-0.2, -0.15) is 0 Å². The van der Waals surface area contributed by atoms with E-state index in [1.165, 1.54) is 0 Å². The Labute approximate surface area is 144 Å². The molecule has 2 aromatic carbocycles. The molecule has 23 heavy (non-hydrogen) atoms. The van der Waals surface area contributed by atoms with E-state index in [4.69, 9.17) is 27.9 Å². The van der Waals surface area contributed by atoms with Gasteiger partial charge >= 0.3 is 5.97 Å². The van der Waals surface area contributed by atoms with Crippen LogP contribution in [0.4, 0.5) is 0 Å². The van der Waals surface area contributed by atoms with Gasteiger partial charge in [-0.05, 0) is 23.3 Å². The Kier molecular flexibility index (Phi) is 6.44. The van der Waals surface area contributed by atoms with Gasteiger partial charge in [0.15, 0.2) is 0 Å². The van der Waals surface area contributed by atoms with Crippen LogP contribution >= 0.6 is 23.2 Å². The molecule has 0 aliphatic heterocycles. The first kappa shape index (κ1) is 17.3. The Hall–Kier alpha value is -2.04. The summed E-state index contributed by atoms with van der Waals surface area (Å²) in [5.41, 5.74) is 1.61. The molecule has 0 fully saturated rings. The zero-order valence-corrected chi connectivity index (χ0v) is 13.7. The number of rotatable bonds is 6. The van der Waals surface area contributed by atoms with Crippen LogP contribution in [0.15, 0.2) is 48.5 Å². The van der Waals surface area contributed by atoms with Gasteiger partial charge in [0, 0.05) is 0 Å². The van der Waals surface area contributed by atoms with E-state index >= 15 is 0 Å². The fourth-order valence-electron chi connectivity index (χ4n) is 1.86. The van der Waals surface area contributed by atoms with Crippen LogP contribution in [0.25, 0.3) is 0 Å². The lowest BCUT2D eigenvalue weighted by molar-refractivity contribution is -0.145. The van der Waals surface area contributed by atoms with E-state index in [1.807, 2.05) is 30.3 Å². The summed E-state index contributed by atoms with van der Waals surface area (Å²) in [6.07, 6.45) is 0.114. The van der Waals surface area contributed by atoms with Gasteiger partial charge < -0.3 is 10.1 Å². The average molecular weight is 352 g/mol. The maximum absolute atomic E-state index is 11.8. The Bertz CT molecular complexity index is 689. The maximum atomic E-state index is 11.8. The van der Waals surface area contributed by atoms with Gasteiger partial charge in [-0.25, -0.2) is 0 Å². The molecular weight excluding hydrogens is 337 g/mol. The van der Waals surface area contributed by atoms with Crippen LogP contribution < -0.4 is 5.32 Å². The minimum absolute atomic E-state index is 0.114. The van der Waals surface area contributed by atoms with Gasteiger partial charge in [0.25, 0.3) is 0 Å². The van der Waals surface area contributed by atoms with Gasteiger partial charge in [0.2, 0.25) is 5.91 Å². The zero-order valence-electron chi connectivity index (χ0n) is 12.2. The topological polar surface area (TPSA) is 55.4 Å². The first-order valence-corrected chi connectivity index (χ1v) is 7.70. The fraction of sp³-hybridized carbons (Fsp3) is 0.176. The first-order valence-electron chi connectivity index (χ1n) is 6.95. The molecule has 1 N–H and O–H groups in total. The van der Waals surface area contributed by atoms with Crippen molar-refractivity contribution in [1.29, 1.82) is 0 Å². The van der Waals surface area contributed by atoms with Crippen LogP contribution in [0, 0.1) is 0 Å². The van der Waals surface area contributed by atoms with Gasteiger partial charge in [-0.1, -0.05) is 59.6 Å². The quantitative estimate of drug-likeness (QED) is 0.811. The molecule has 120 valence electrons. The lowest BCUT2D eigenvalue weighted by Gasteiger charge is -2.07. The molecule has 0 saturated carbocycles. The highest BCUT2D eigenvalue weighted by Crippen LogP contribution is 2.22. The van der Waals surface area contributed by atoms with Crippen molar-refractivity contribution < 1.29 is 14.3 Å². The Balaban J connectivity index is 1.73. The van der Waals surface area contributed by atoms with E-state index in [0.717, 1.165) is 11.1 Å². The third kappa shape index (κ3) is 5.93. The second kappa shape index (κ2) is 8.56. The minimum atomic E-state index is -0.489. The van der Waals surface area contributed by atoms with Gasteiger partial charge in [0.1, 0.15) is 13.2 Å². The average Bonchev–Trinajstić information content (AvgIpc) is 2.55. The predicted molar refractivity (Wildman–Crippen MR) is 89.4 cm³/mol. The van der Waals surface area contributed by atoms with Crippen molar-refractivity contribution in [3.63, 3.8) is 0 Å². The van der Waals surface area contributed by atoms with E-state index < -0.39 is 5.97 Å². The van der Waals surface area contributed by atoms with Crippen LogP contribution in [-0.4, -0.2) is 18.4 Å². The summed E-state index contributed by atoms with van der Waals surface area (Å²) >= 11 is 11.7. The Morgan fingerprint density at radius 3 is 2.39 bits per heavy atom. The van der Waals surface area contributed by atoms with Crippen molar-refractivity contribution in [2.75, 3.05) is 6.54 Å². The van der Waals surface area contributed by atoms with Gasteiger partial charge in [-0.3, -0.25) is 9.59 Å². The summed E-state index contributed by atoms with van der Waals surface area (Å²) in [6, 6.07) is 14.3. The van der Waals surface area contributed by atoms with Crippen molar-refractivity contribution >= 4 is 35.1 Å². The van der Waals surface area contributed by atoms with Crippen LogP contribution in [0.3, 0.4) is 0 Å². The van der Waals surface area contributed by atoms with Crippen LogP contribution in [0.2, 0.25) is 10.0 Å². The predicted octanol–water partition coefficient (Wildman–Crippen LogP) is 3.40. The van der Waals surface area contributed by atoms with Crippen LogP contribution in [0.5, 0.6) is 0 Å². The minimum Gasteiger partial charge on any atom is -0.460 e. The molecule has 0 aromatic heterocycles. The molecule has 0 unspecified atom stereocenters. The number of carbonyl (C=O) groups is 2. The highest BCUT2D eigenvalue weighted by molar-refractivity contribution is 6.42. The van der Waals surface area contributed by atoms with E-state index in [2.05, 4.69) is 5.32 Å². The van der Waals surface area contributed by atoms with E-state index in [1.54, 1.807) is 18.2 Å². The smallest absolute Gasteiger partial charge is 0.325 e. The number of ether oxygens (including phenoxy) is 1. The molecule has 2 rings (SSSR count). The molecule has 1 amide bonds. The number of carbonyl (C=O) groups excluding carboxylic acids is 2. The summed E-state index contributed by atoms with van der Waals surface area (Å²) in [7, 11) is 0. The van der Waals surface area contributed by atoms with E-state index in [-0.39, 0.29) is 25.5 Å². The lowest BCUT2D eigenvalue weighted by Crippen LogP contribution is -2.31. The van der Waals surface area contributed by atoms with Gasteiger partial charge in [-0.15, -0.1) is 0 Å². The number of esters is 1. The lowest BCUT2D eigenvalue weighted by atomic mass is 10.1. The van der Waals surface area contributed by atoms with Crippen molar-refractivity contribution in [2.24, 2.45) is 0 Å². The SMILES string of the molecule is O=C(Cc1ccc(Cl)c(Cl)c1)NCC(=O)OCc1ccccc1. The zero-order chi connectivity index (χ0) is 16.7. The fourth-order valence-corrected chi connectivity index (χ4v) is 2.18. The largest absolute Gasteiger partial charge is 0.460 e. The third-order valence-electron chi connectivity index (χ3n) is 3.02. The first-order chi connectivity index (χ1) is 11.0. The summed E-state index contributed by atoms with van der Waals surface area (Å²) < 4.78 is 5.07. The third-order valence-corrected chi connectivity index (χ3v) is 3.76. The molecule has 2 aromatic rings. The van der Waals surface area contributed by atoms with E-state index in [0.29, 0.717) is 10.0 Å². The Morgan fingerprint density at radius 2 is 1.70 bits per heavy atom. The molecule has 6 heteroatoms. The van der Waals surface area contributed by atoms with Crippen LogP contribution in [-0.2, 0) is 27.4 Å². The summed E-state index contributed by atoms with van der Waals surface area (Å²) in [5.74, 6) is -0.781. The van der Waals surface area contributed by atoms with Crippen molar-refractivity contribution in [3.05, 3.63) is 69.7 Å². The number of hydrogen-bond acceptors (Lipinski definition) is 3. The van der Waals surface area contributed by atoms with Crippen molar-refractivity contribution in [3.8, 4) is 0 Å². The highest BCUT2D eigenvalue weighted by Gasteiger charge is 2.09. The number of nitrogens with one attached hydrogen (secondary N) is 1. The second-order valence-corrected chi connectivity index (χ2v) is 5.66. The van der Waals surface area contributed by atoms with Gasteiger partial charge in [0.05, 0.1) is 16.5 Å². The monoisotopic (exact) mass is 351 g/mol. The normalized spacial score (nSPS) is 10.2. The number of hydrogen-bond donors (Lipinski definition) is 1. The molecule has 0 aliphatic rings. The molecule has 0 bridgehead atoms. The van der Waals surface area contributed by atoms with Crippen LogP contribution in [0.1, 0.15) is 11.1 Å². The molecule has 0 spiro atoms. The Morgan fingerprint density at radius 1 is 0.957 bits per heavy atom. The summed E-state index contributed by atoms with van der Waals surface area (Å²) in [5, 5.41) is 3.33.